The lowest BCUT2D eigenvalue weighted by molar-refractivity contribution is 0.146. The van der Waals surface area contributed by atoms with Crippen molar-refractivity contribution in [2.75, 3.05) is 31.7 Å². The van der Waals surface area contributed by atoms with E-state index in [9.17, 15) is 21.6 Å². The minimum Gasteiger partial charge on any atom is -0.489 e. The third-order valence-electron chi connectivity index (χ3n) is 6.93. The number of alkyl halides is 2. The van der Waals surface area contributed by atoms with Crippen molar-refractivity contribution in [3.05, 3.63) is 83.4 Å². The number of aromatic nitrogens is 3. The monoisotopic (exact) mass is 613 g/mol. The van der Waals surface area contributed by atoms with Crippen LogP contribution in [0.5, 0.6) is 11.6 Å². The summed E-state index contributed by atoms with van der Waals surface area (Å²) in [7, 11) is -3.25. The Labute approximate surface area is 247 Å². The quantitative estimate of drug-likeness (QED) is 0.259. The van der Waals surface area contributed by atoms with Crippen LogP contribution in [0, 0.1) is 12.7 Å². The molecule has 0 saturated carbocycles. The highest BCUT2D eigenvalue weighted by Gasteiger charge is 2.29. The Morgan fingerprint density at radius 2 is 1.74 bits per heavy atom. The van der Waals surface area contributed by atoms with E-state index in [1.165, 1.54) is 40.9 Å². The highest BCUT2D eigenvalue weighted by Crippen LogP contribution is 2.39. The first-order valence-electron chi connectivity index (χ1n) is 13.5. The van der Waals surface area contributed by atoms with Gasteiger partial charge in [0.25, 0.3) is 6.43 Å². The summed E-state index contributed by atoms with van der Waals surface area (Å²) < 4.78 is 77.9. The van der Waals surface area contributed by atoms with Gasteiger partial charge >= 0.3 is 0 Å². The molecular formula is C30H30F3N5O4S. The minimum absolute atomic E-state index is 0.0919. The number of nitrogens with two attached hydrogens (primary N) is 1. The van der Waals surface area contributed by atoms with Crippen LogP contribution >= 0.6 is 0 Å². The van der Waals surface area contributed by atoms with Crippen molar-refractivity contribution in [3.63, 3.8) is 0 Å². The van der Waals surface area contributed by atoms with Crippen LogP contribution in [0.1, 0.15) is 29.8 Å². The lowest BCUT2D eigenvalue weighted by atomic mass is 9.99. The van der Waals surface area contributed by atoms with Crippen LogP contribution in [-0.2, 0) is 16.4 Å². The Hall–Kier alpha value is -4.23. The molecule has 1 atom stereocenters. The molecule has 3 heterocycles. The second kappa shape index (κ2) is 12.6. The molecule has 0 bridgehead atoms. The number of hydrogen-bond donors (Lipinski definition) is 1. The third-order valence-corrected chi connectivity index (χ3v) is 8.20. The Morgan fingerprint density at radius 1 is 1.02 bits per heavy atom. The number of anilines is 1. The third kappa shape index (κ3) is 7.41. The van der Waals surface area contributed by atoms with E-state index in [-0.39, 0.29) is 24.5 Å². The molecule has 1 saturated heterocycles. The van der Waals surface area contributed by atoms with Gasteiger partial charge in [-0.05, 0) is 73.0 Å². The summed E-state index contributed by atoms with van der Waals surface area (Å²) in [6.07, 6.45) is -0.747. The fourth-order valence-corrected chi connectivity index (χ4v) is 5.75. The standard InChI is InChI=1S/C30H30F3N5O4S/c1-18-15-21(16-25(35-18)28(32)33)26-27(20-5-7-22(31)8-6-20)36-30(34)37-29(26)41-14-12-19-3-9-23(10-4-19)42-24-11-13-38(17-24)43(2,39)40/h3-10,15-16,24,28H,11-14,17H2,1-2H3,(H2,34,36,37). The van der Waals surface area contributed by atoms with Crippen molar-refractivity contribution in [3.8, 4) is 34.0 Å². The molecule has 1 aliphatic rings. The molecule has 0 radical (unpaired) electrons. The van der Waals surface area contributed by atoms with Gasteiger partial charge < -0.3 is 15.2 Å². The van der Waals surface area contributed by atoms with Crippen molar-refractivity contribution in [2.45, 2.75) is 32.3 Å². The second-order valence-electron chi connectivity index (χ2n) is 10.2. The fraction of sp³-hybridized carbons (Fsp3) is 0.300. The highest BCUT2D eigenvalue weighted by atomic mass is 32.2. The average Bonchev–Trinajstić information content (AvgIpc) is 3.43. The van der Waals surface area contributed by atoms with Gasteiger partial charge in [0, 0.05) is 24.2 Å². The summed E-state index contributed by atoms with van der Waals surface area (Å²) in [6, 6.07) is 15.8. The van der Waals surface area contributed by atoms with Gasteiger partial charge in [-0.15, -0.1) is 0 Å². The molecule has 0 amide bonds. The first kappa shape index (κ1) is 30.2. The summed E-state index contributed by atoms with van der Waals surface area (Å²) >= 11 is 0. The predicted molar refractivity (Wildman–Crippen MR) is 156 cm³/mol. The van der Waals surface area contributed by atoms with Crippen molar-refractivity contribution in [1.29, 1.82) is 0 Å². The van der Waals surface area contributed by atoms with Gasteiger partial charge in [-0.1, -0.05) is 12.1 Å². The number of aryl methyl sites for hydroxylation is 1. The zero-order valence-electron chi connectivity index (χ0n) is 23.5. The maximum atomic E-state index is 13.7. The molecule has 226 valence electrons. The van der Waals surface area contributed by atoms with Gasteiger partial charge in [-0.25, -0.2) is 26.6 Å². The Kier molecular flexibility index (Phi) is 8.83. The smallest absolute Gasteiger partial charge is 0.280 e. The Balaban J connectivity index is 1.36. The number of nitrogen functional groups attached to an aromatic ring is 1. The lowest BCUT2D eigenvalue weighted by Crippen LogP contribution is -2.29. The molecule has 1 aliphatic heterocycles. The van der Waals surface area contributed by atoms with Crippen LogP contribution in [0.4, 0.5) is 19.1 Å². The van der Waals surface area contributed by atoms with E-state index in [2.05, 4.69) is 15.0 Å². The van der Waals surface area contributed by atoms with Crippen LogP contribution in [-0.4, -0.2) is 59.7 Å². The molecule has 5 rings (SSSR count). The van der Waals surface area contributed by atoms with Crippen LogP contribution in [0.15, 0.2) is 60.7 Å². The van der Waals surface area contributed by atoms with Crippen molar-refractivity contribution in [1.82, 2.24) is 19.3 Å². The molecule has 2 aromatic carbocycles. The Bertz CT molecular complexity index is 1700. The summed E-state index contributed by atoms with van der Waals surface area (Å²) in [5.41, 5.74) is 8.40. The number of nitrogens with zero attached hydrogens (tertiary/aromatic N) is 4. The number of hydrogen-bond acceptors (Lipinski definition) is 8. The molecule has 2 aromatic heterocycles. The maximum absolute atomic E-state index is 13.7. The number of ether oxygens (including phenoxy) is 2. The molecule has 0 spiro atoms. The summed E-state index contributed by atoms with van der Waals surface area (Å²) in [4.78, 5) is 12.6. The topological polar surface area (TPSA) is 121 Å². The van der Waals surface area contributed by atoms with Gasteiger partial charge in [0.1, 0.15) is 23.4 Å². The molecular weight excluding hydrogens is 583 g/mol. The first-order valence-corrected chi connectivity index (χ1v) is 15.3. The van der Waals surface area contributed by atoms with Gasteiger partial charge in [0.05, 0.1) is 30.7 Å². The number of sulfonamides is 1. The van der Waals surface area contributed by atoms with Gasteiger partial charge in [0.2, 0.25) is 21.9 Å². The van der Waals surface area contributed by atoms with Crippen LogP contribution in [0.2, 0.25) is 0 Å². The van der Waals surface area contributed by atoms with Crippen LogP contribution in [0.25, 0.3) is 22.4 Å². The van der Waals surface area contributed by atoms with Gasteiger partial charge in [-0.2, -0.15) is 9.29 Å². The fourth-order valence-electron chi connectivity index (χ4n) is 4.88. The number of rotatable bonds is 10. The van der Waals surface area contributed by atoms with E-state index in [0.717, 1.165) is 5.56 Å². The molecule has 0 aliphatic carbocycles. The summed E-state index contributed by atoms with van der Waals surface area (Å²) in [6.45, 7) is 2.52. The molecule has 1 fully saturated rings. The molecule has 2 N–H and O–H groups in total. The molecule has 4 aromatic rings. The molecule has 43 heavy (non-hydrogen) atoms. The zero-order valence-corrected chi connectivity index (χ0v) is 24.3. The predicted octanol–water partition coefficient (Wildman–Crippen LogP) is 5.21. The minimum atomic E-state index is -3.25. The SMILES string of the molecule is Cc1cc(-c2c(OCCc3ccc(OC4CCN(S(C)(=O)=O)C4)cc3)nc(N)nc2-c2ccc(F)cc2)cc(C(F)F)n1. The lowest BCUT2D eigenvalue weighted by Gasteiger charge is -2.17. The number of benzene rings is 2. The second-order valence-corrected chi connectivity index (χ2v) is 12.2. The molecule has 1 unspecified atom stereocenters. The molecule has 13 heteroatoms. The van der Waals surface area contributed by atoms with E-state index in [4.69, 9.17) is 15.2 Å². The van der Waals surface area contributed by atoms with Crippen LogP contribution in [0.3, 0.4) is 0 Å². The normalized spacial score (nSPS) is 15.6. The first-order chi connectivity index (χ1) is 20.5. The van der Waals surface area contributed by atoms with Gasteiger partial charge in [0.15, 0.2) is 0 Å². The highest BCUT2D eigenvalue weighted by molar-refractivity contribution is 7.88. The van der Waals surface area contributed by atoms with Gasteiger partial charge in [-0.3, -0.25) is 4.98 Å². The zero-order chi connectivity index (χ0) is 30.7. The number of halogens is 3. The van der Waals surface area contributed by atoms with E-state index in [0.29, 0.717) is 59.8 Å². The average molecular weight is 614 g/mol. The van der Waals surface area contributed by atoms with Crippen LogP contribution < -0.4 is 15.2 Å². The maximum Gasteiger partial charge on any atom is 0.280 e. The van der Waals surface area contributed by atoms with Crippen molar-refractivity contribution in [2.24, 2.45) is 0 Å². The van der Waals surface area contributed by atoms with E-state index in [1.54, 1.807) is 13.0 Å². The van der Waals surface area contributed by atoms with Crippen molar-refractivity contribution < 1.29 is 31.1 Å². The molecule has 9 nitrogen and oxygen atoms in total. The van der Waals surface area contributed by atoms with Crippen molar-refractivity contribution >= 4 is 16.0 Å². The Morgan fingerprint density at radius 3 is 2.40 bits per heavy atom. The summed E-state index contributed by atoms with van der Waals surface area (Å²) in [5.74, 6) is 0.178. The summed E-state index contributed by atoms with van der Waals surface area (Å²) in [5, 5.41) is 0. The van der Waals surface area contributed by atoms with E-state index in [1.807, 2.05) is 24.3 Å². The van der Waals surface area contributed by atoms with E-state index < -0.39 is 28.0 Å². The van der Waals surface area contributed by atoms with E-state index >= 15 is 0 Å². The number of pyridine rings is 1. The largest absolute Gasteiger partial charge is 0.489 e.